The predicted octanol–water partition coefficient (Wildman–Crippen LogP) is 3.66. The highest BCUT2D eigenvalue weighted by Gasteiger charge is 2.28. The largest absolute Gasteiger partial charge is 0.369 e. The zero-order chi connectivity index (χ0) is 12.3. The Kier molecular flexibility index (Phi) is 3.82. The molecule has 0 bridgehead atoms. The maximum absolute atomic E-state index is 11.6. The van der Waals surface area contributed by atoms with E-state index in [1.807, 2.05) is 19.1 Å². The van der Waals surface area contributed by atoms with Crippen molar-refractivity contribution in [1.29, 1.82) is 0 Å². The number of benzene rings is 1. The Morgan fingerprint density at radius 3 is 2.35 bits per heavy atom. The van der Waals surface area contributed by atoms with Crippen LogP contribution in [-0.4, -0.2) is 18.4 Å². The molecule has 1 aromatic carbocycles. The molecule has 0 radical (unpaired) electrons. The van der Waals surface area contributed by atoms with Crippen molar-refractivity contribution in [2.75, 3.05) is 11.4 Å². The smallest absolute Gasteiger partial charge is 0.162 e. The van der Waals surface area contributed by atoms with Crippen LogP contribution in [0.1, 0.15) is 49.9 Å². The maximum Gasteiger partial charge on any atom is 0.162 e. The second kappa shape index (κ2) is 5.35. The van der Waals surface area contributed by atoms with Crippen LogP contribution in [0, 0.1) is 0 Å². The number of hydrogen-bond acceptors (Lipinski definition) is 2. The average molecular weight is 231 g/mol. The summed E-state index contributed by atoms with van der Waals surface area (Å²) in [5, 5.41) is 0. The Bertz CT molecular complexity index is 378. The van der Waals surface area contributed by atoms with Crippen molar-refractivity contribution in [3.05, 3.63) is 29.8 Å². The van der Waals surface area contributed by atoms with Crippen molar-refractivity contribution in [2.24, 2.45) is 0 Å². The second-order valence-electron chi connectivity index (χ2n) is 4.75. The number of Topliss-reactive ketones (excluding diaryl/α,β-unsaturated/α-hetero) is 1. The summed E-state index contributed by atoms with van der Waals surface area (Å²) in [7, 11) is 0. The van der Waals surface area contributed by atoms with Gasteiger partial charge in [-0.15, -0.1) is 0 Å². The predicted molar refractivity (Wildman–Crippen MR) is 71.7 cm³/mol. The van der Waals surface area contributed by atoms with E-state index < -0.39 is 0 Å². The minimum absolute atomic E-state index is 0.227. The fraction of sp³-hybridized carbons (Fsp3) is 0.533. The SMILES string of the molecule is CCCN(c1ccc(C(=O)CC)cc1)C1CC1. The number of nitrogens with zero attached hydrogens (tertiary/aromatic N) is 1. The first-order valence-corrected chi connectivity index (χ1v) is 6.66. The highest BCUT2D eigenvalue weighted by molar-refractivity contribution is 5.96. The van der Waals surface area contributed by atoms with Crippen molar-refractivity contribution in [3.63, 3.8) is 0 Å². The number of carbonyl (C=O) groups excluding carboxylic acids is 1. The molecule has 1 fully saturated rings. The summed E-state index contributed by atoms with van der Waals surface area (Å²) in [4.78, 5) is 14.0. The van der Waals surface area contributed by atoms with Gasteiger partial charge in [-0.25, -0.2) is 0 Å². The van der Waals surface area contributed by atoms with E-state index >= 15 is 0 Å². The Labute approximate surface area is 104 Å². The van der Waals surface area contributed by atoms with Gasteiger partial charge in [0, 0.05) is 30.3 Å². The van der Waals surface area contributed by atoms with Crippen LogP contribution < -0.4 is 4.90 Å². The van der Waals surface area contributed by atoms with E-state index in [1.165, 1.54) is 24.9 Å². The summed E-state index contributed by atoms with van der Waals surface area (Å²) < 4.78 is 0. The van der Waals surface area contributed by atoms with Crippen LogP contribution in [0.4, 0.5) is 5.69 Å². The van der Waals surface area contributed by atoms with Crippen molar-refractivity contribution in [1.82, 2.24) is 0 Å². The van der Waals surface area contributed by atoms with Gasteiger partial charge >= 0.3 is 0 Å². The number of hydrogen-bond donors (Lipinski definition) is 0. The Hall–Kier alpha value is -1.31. The quantitative estimate of drug-likeness (QED) is 0.696. The fourth-order valence-electron chi connectivity index (χ4n) is 2.19. The molecule has 1 saturated carbocycles. The van der Waals surface area contributed by atoms with Crippen LogP contribution in [0.3, 0.4) is 0 Å². The lowest BCUT2D eigenvalue weighted by Gasteiger charge is -2.24. The maximum atomic E-state index is 11.6. The van der Waals surface area contributed by atoms with Crippen LogP contribution in [-0.2, 0) is 0 Å². The molecular weight excluding hydrogens is 210 g/mol. The molecule has 0 aromatic heterocycles. The molecule has 17 heavy (non-hydrogen) atoms. The Morgan fingerprint density at radius 2 is 1.88 bits per heavy atom. The van der Waals surface area contributed by atoms with Crippen molar-refractivity contribution < 1.29 is 4.79 Å². The van der Waals surface area contributed by atoms with Gasteiger partial charge in [-0.1, -0.05) is 13.8 Å². The molecule has 0 atom stereocenters. The van der Waals surface area contributed by atoms with E-state index in [1.54, 1.807) is 0 Å². The van der Waals surface area contributed by atoms with Crippen LogP contribution in [0.25, 0.3) is 0 Å². The van der Waals surface area contributed by atoms with E-state index in [-0.39, 0.29) is 5.78 Å². The van der Waals surface area contributed by atoms with Crippen molar-refractivity contribution in [3.8, 4) is 0 Å². The third-order valence-corrected chi connectivity index (χ3v) is 3.29. The number of rotatable bonds is 6. The molecule has 0 spiro atoms. The Balaban J connectivity index is 2.12. The summed E-state index contributed by atoms with van der Waals surface area (Å²) in [6.07, 6.45) is 4.39. The zero-order valence-electron chi connectivity index (χ0n) is 10.8. The highest BCUT2D eigenvalue weighted by atomic mass is 16.1. The number of anilines is 1. The summed E-state index contributed by atoms with van der Waals surface area (Å²) in [5.41, 5.74) is 2.10. The molecule has 0 saturated heterocycles. The molecule has 2 nitrogen and oxygen atoms in total. The third-order valence-electron chi connectivity index (χ3n) is 3.29. The van der Waals surface area contributed by atoms with Gasteiger partial charge in [-0.2, -0.15) is 0 Å². The number of carbonyl (C=O) groups is 1. The first-order chi connectivity index (χ1) is 8.26. The van der Waals surface area contributed by atoms with Gasteiger partial charge < -0.3 is 4.90 Å². The molecule has 0 aliphatic heterocycles. The van der Waals surface area contributed by atoms with E-state index in [9.17, 15) is 4.79 Å². The van der Waals surface area contributed by atoms with Crippen LogP contribution >= 0.6 is 0 Å². The second-order valence-corrected chi connectivity index (χ2v) is 4.75. The van der Waals surface area contributed by atoms with Crippen LogP contribution in [0.2, 0.25) is 0 Å². The van der Waals surface area contributed by atoms with E-state index in [4.69, 9.17) is 0 Å². The molecule has 0 heterocycles. The van der Waals surface area contributed by atoms with Crippen molar-refractivity contribution >= 4 is 11.5 Å². The lowest BCUT2D eigenvalue weighted by atomic mass is 10.1. The van der Waals surface area contributed by atoms with Gasteiger partial charge in [0.1, 0.15) is 0 Å². The molecule has 1 aliphatic rings. The van der Waals surface area contributed by atoms with Gasteiger partial charge in [0.15, 0.2) is 5.78 Å². The Morgan fingerprint density at radius 1 is 1.24 bits per heavy atom. The average Bonchev–Trinajstić information content (AvgIpc) is 3.19. The molecular formula is C15H21NO. The van der Waals surface area contributed by atoms with Crippen LogP contribution in [0.5, 0.6) is 0 Å². The van der Waals surface area contributed by atoms with Gasteiger partial charge in [-0.05, 0) is 43.5 Å². The van der Waals surface area contributed by atoms with Gasteiger partial charge in [0.2, 0.25) is 0 Å². The minimum Gasteiger partial charge on any atom is -0.369 e. The zero-order valence-corrected chi connectivity index (χ0v) is 10.8. The number of ketones is 1. The summed E-state index contributed by atoms with van der Waals surface area (Å²) >= 11 is 0. The summed E-state index contributed by atoms with van der Waals surface area (Å²) in [6.45, 7) is 5.24. The van der Waals surface area contributed by atoms with Gasteiger partial charge in [-0.3, -0.25) is 4.79 Å². The first-order valence-electron chi connectivity index (χ1n) is 6.66. The monoisotopic (exact) mass is 231 g/mol. The molecule has 2 heteroatoms. The minimum atomic E-state index is 0.227. The molecule has 0 unspecified atom stereocenters. The van der Waals surface area contributed by atoms with Gasteiger partial charge in [0.25, 0.3) is 0 Å². The van der Waals surface area contributed by atoms with E-state index in [2.05, 4.69) is 24.0 Å². The summed E-state index contributed by atoms with van der Waals surface area (Å²) in [6, 6.07) is 8.86. The lowest BCUT2D eigenvalue weighted by Crippen LogP contribution is -2.26. The molecule has 1 aromatic rings. The van der Waals surface area contributed by atoms with E-state index in [0.717, 1.165) is 18.2 Å². The molecule has 0 N–H and O–H groups in total. The van der Waals surface area contributed by atoms with Crippen molar-refractivity contribution in [2.45, 2.75) is 45.6 Å². The molecule has 92 valence electrons. The standard InChI is InChI=1S/C15H21NO/c1-3-11-16(14-9-10-14)13-7-5-12(6-8-13)15(17)4-2/h5-8,14H,3-4,9-11H2,1-2H3. The van der Waals surface area contributed by atoms with E-state index in [0.29, 0.717) is 6.42 Å². The molecule has 0 amide bonds. The summed E-state index contributed by atoms with van der Waals surface area (Å²) in [5.74, 6) is 0.227. The topological polar surface area (TPSA) is 20.3 Å². The highest BCUT2D eigenvalue weighted by Crippen LogP contribution is 2.31. The fourth-order valence-corrected chi connectivity index (χ4v) is 2.19. The van der Waals surface area contributed by atoms with Crippen LogP contribution in [0.15, 0.2) is 24.3 Å². The van der Waals surface area contributed by atoms with Gasteiger partial charge in [0.05, 0.1) is 0 Å². The first kappa shape index (κ1) is 12.2. The lowest BCUT2D eigenvalue weighted by molar-refractivity contribution is 0.0988. The molecule has 2 rings (SSSR count). The molecule has 1 aliphatic carbocycles. The normalized spacial score (nSPS) is 14.7. The third kappa shape index (κ3) is 2.87.